The number of thioether (sulfide) groups is 1. The summed E-state index contributed by atoms with van der Waals surface area (Å²) in [6.45, 7) is 3.62. The molecule has 128 valence electrons. The van der Waals surface area contributed by atoms with Crippen molar-refractivity contribution in [3.05, 3.63) is 17.5 Å². The van der Waals surface area contributed by atoms with Gasteiger partial charge in [-0.3, -0.25) is 4.79 Å². The van der Waals surface area contributed by atoms with Crippen molar-refractivity contribution in [3.63, 3.8) is 0 Å². The molecule has 8 nitrogen and oxygen atoms in total. The number of rotatable bonds is 8. The molecule has 0 radical (unpaired) electrons. The molecule has 2 N–H and O–H groups in total. The van der Waals surface area contributed by atoms with Crippen LogP contribution in [0.15, 0.2) is 11.2 Å². The Morgan fingerprint density at radius 3 is 2.35 bits per heavy atom. The molecular weight excluding hydrogens is 342 g/mol. The van der Waals surface area contributed by atoms with Gasteiger partial charge in [0.05, 0.1) is 11.5 Å². The summed E-state index contributed by atoms with van der Waals surface area (Å²) in [4.78, 5) is 31.2. The van der Waals surface area contributed by atoms with E-state index in [0.29, 0.717) is 5.16 Å². The third-order valence-corrected chi connectivity index (χ3v) is 4.53. The molecule has 23 heavy (non-hydrogen) atoms. The summed E-state index contributed by atoms with van der Waals surface area (Å²) in [5.41, 5.74) is 1.55. The molecule has 1 amide bonds. The number of carboxylic acids is 1. The van der Waals surface area contributed by atoms with Crippen LogP contribution in [0.3, 0.4) is 0 Å². The maximum absolute atomic E-state index is 11.8. The Kier molecular flexibility index (Phi) is 6.95. The third-order valence-electron chi connectivity index (χ3n) is 2.70. The van der Waals surface area contributed by atoms with E-state index in [1.165, 1.54) is 0 Å². The van der Waals surface area contributed by atoms with E-state index in [-0.39, 0.29) is 17.9 Å². The van der Waals surface area contributed by atoms with E-state index in [1.807, 2.05) is 13.8 Å². The number of hydrogen-bond acceptors (Lipinski definition) is 7. The fraction of sp³-hybridized carbons (Fsp3) is 0.538. The molecular formula is C13H19N3O5S2. The van der Waals surface area contributed by atoms with Crippen molar-refractivity contribution < 1.29 is 23.1 Å². The maximum atomic E-state index is 11.8. The van der Waals surface area contributed by atoms with Gasteiger partial charge in [0.25, 0.3) is 0 Å². The summed E-state index contributed by atoms with van der Waals surface area (Å²) >= 11 is 1.09. The van der Waals surface area contributed by atoms with Crippen LogP contribution in [0.4, 0.5) is 0 Å². The van der Waals surface area contributed by atoms with E-state index < -0.39 is 27.8 Å². The summed E-state index contributed by atoms with van der Waals surface area (Å²) in [5.74, 6) is -2.14. The van der Waals surface area contributed by atoms with Crippen molar-refractivity contribution in [2.45, 2.75) is 31.5 Å². The van der Waals surface area contributed by atoms with E-state index >= 15 is 0 Å². The Morgan fingerprint density at radius 1 is 1.30 bits per heavy atom. The van der Waals surface area contributed by atoms with Crippen LogP contribution in [0.5, 0.6) is 0 Å². The number of nitrogens with one attached hydrogen (secondary N) is 1. The largest absolute Gasteiger partial charge is 0.480 e. The first kappa shape index (κ1) is 19.4. The lowest BCUT2D eigenvalue weighted by Crippen LogP contribution is -2.42. The topological polar surface area (TPSA) is 126 Å². The van der Waals surface area contributed by atoms with E-state index in [4.69, 9.17) is 5.11 Å². The number of amides is 1. The van der Waals surface area contributed by atoms with Gasteiger partial charge in [0, 0.05) is 17.6 Å². The molecule has 0 aliphatic carbocycles. The fourth-order valence-electron chi connectivity index (χ4n) is 1.71. The maximum Gasteiger partial charge on any atom is 0.326 e. The number of aryl methyl sites for hydroxylation is 2. The molecule has 0 saturated carbocycles. The average molecular weight is 361 g/mol. The number of nitrogens with zero attached hydrogens (tertiary/aromatic N) is 2. The van der Waals surface area contributed by atoms with E-state index in [9.17, 15) is 18.0 Å². The SMILES string of the molecule is Cc1cc(C)nc(SCC(=O)NC(CCS(C)(=O)=O)C(=O)O)n1. The van der Waals surface area contributed by atoms with Gasteiger partial charge in [0.1, 0.15) is 15.9 Å². The van der Waals surface area contributed by atoms with Crippen LogP contribution in [0.2, 0.25) is 0 Å². The highest BCUT2D eigenvalue weighted by molar-refractivity contribution is 7.99. The number of carboxylic acid groups (broad SMARTS) is 1. The standard InChI is InChI=1S/C13H19N3O5S2/c1-8-6-9(2)15-13(14-8)22-7-11(17)16-10(12(18)19)4-5-23(3,20)21/h6,10H,4-5,7H2,1-3H3,(H,16,17)(H,18,19). The van der Waals surface area contributed by atoms with Gasteiger partial charge in [0.2, 0.25) is 5.91 Å². The number of aliphatic carboxylic acids is 1. The highest BCUT2D eigenvalue weighted by Gasteiger charge is 2.21. The van der Waals surface area contributed by atoms with Crippen molar-refractivity contribution in [1.82, 2.24) is 15.3 Å². The summed E-state index contributed by atoms with van der Waals surface area (Å²) < 4.78 is 22.2. The minimum atomic E-state index is -3.29. The zero-order valence-corrected chi connectivity index (χ0v) is 14.7. The molecule has 0 aliphatic rings. The summed E-state index contributed by atoms with van der Waals surface area (Å²) in [6.07, 6.45) is 0.839. The minimum absolute atomic E-state index is 0.0501. The molecule has 0 saturated heterocycles. The van der Waals surface area contributed by atoms with Crippen LogP contribution >= 0.6 is 11.8 Å². The zero-order chi connectivity index (χ0) is 17.6. The summed E-state index contributed by atoms with van der Waals surface area (Å²) in [5, 5.41) is 11.8. The molecule has 10 heteroatoms. The van der Waals surface area contributed by atoms with Crippen LogP contribution in [0.25, 0.3) is 0 Å². The molecule has 1 aromatic heterocycles. The Bertz CT molecular complexity index is 671. The lowest BCUT2D eigenvalue weighted by molar-refractivity contribution is -0.141. The Balaban J connectivity index is 2.57. The Morgan fingerprint density at radius 2 is 1.87 bits per heavy atom. The van der Waals surface area contributed by atoms with Crippen molar-refractivity contribution in [3.8, 4) is 0 Å². The monoisotopic (exact) mass is 361 g/mol. The highest BCUT2D eigenvalue weighted by atomic mass is 32.2. The zero-order valence-electron chi connectivity index (χ0n) is 13.1. The first-order chi connectivity index (χ1) is 10.6. The second-order valence-electron chi connectivity index (χ2n) is 5.10. The number of carbonyl (C=O) groups is 2. The number of carbonyl (C=O) groups excluding carboxylic acids is 1. The first-order valence-electron chi connectivity index (χ1n) is 6.72. The van der Waals surface area contributed by atoms with Gasteiger partial charge in [-0.2, -0.15) is 0 Å². The van der Waals surface area contributed by atoms with Gasteiger partial charge in [0.15, 0.2) is 5.16 Å². The lowest BCUT2D eigenvalue weighted by Gasteiger charge is -2.13. The molecule has 1 rings (SSSR count). The van der Waals surface area contributed by atoms with Crippen molar-refractivity contribution in [2.24, 2.45) is 0 Å². The van der Waals surface area contributed by atoms with Crippen LogP contribution in [0.1, 0.15) is 17.8 Å². The number of sulfone groups is 1. The predicted molar refractivity (Wildman–Crippen MR) is 86.1 cm³/mol. The van der Waals surface area contributed by atoms with Crippen LogP contribution in [-0.2, 0) is 19.4 Å². The molecule has 1 unspecified atom stereocenters. The highest BCUT2D eigenvalue weighted by Crippen LogP contribution is 2.13. The predicted octanol–water partition coefficient (Wildman–Crippen LogP) is 0.190. The van der Waals surface area contributed by atoms with Gasteiger partial charge in [-0.15, -0.1) is 0 Å². The second-order valence-corrected chi connectivity index (χ2v) is 8.30. The first-order valence-corrected chi connectivity index (χ1v) is 9.76. The van der Waals surface area contributed by atoms with Crippen LogP contribution in [0, 0.1) is 13.8 Å². The Labute approximate surface area is 139 Å². The van der Waals surface area contributed by atoms with Crippen molar-refractivity contribution >= 4 is 33.5 Å². The smallest absolute Gasteiger partial charge is 0.326 e. The van der Waals surface area contributed by atoms with Crippen LogP contribution < -0.4 is 5.32 Å². The number of aromatic nitrogens is 2. The van der Waals surface area contributed by atoms with Crippen molar-refractivity contribution in [1.29, 1.82) is 0 Å². The van der Waals surface area contributed by atoms with Gasteiger partial charge in [-0.1, -0.05) is 11.8 Å². The molecule has 0 bridgehead atoms. The van der Waals surface area contributed by atoms with E-state index in [2.05, 4.69) is 15.3 Å². The molecule has 1 atom stereocenters. The number of hydrogen-bond donors (Lipinski definition) is 2. The van der Waals surface area contributed by atoms with Crippen molar-refractivity contribution in [2.75, 3.05) is 17.8 Å². The van der Waals surface area contributed by atoms with Gasteiger partial charge in [-0.05, 0) is 26.3 Å². The minimum Gasteiger partial charge on any atom is -0.480 e. The average Bonchev–Trinajstić information content (AvgIpc) is 2.38. The quantitative estimate of drug-likeness (QED) is 0.496. The third kappa shape index (κ3) is 7.93. The lowest BCUT2D eigenvalue weighted by atomic mass is 10.2. The molecule has 0 spiro atoms. The van der Waals surface area contributed by atoms with Crippen LogP contribution in [-0.4, -0.2) is 59.2 Å². The summed E-state index contributed by atoms with van der Waals surface area (Å²) in [6, 6.07) is 0.563. The molecule has 0 aliphatic heterocycles. The normalized spacial score (nSPS) is 12.7. The molecule has 1 heterocycles. The molecule has 0 fully saturated rings. The second kappa shape index (κ2) is 8.25. The van der Waals surface area contributed by atoms with E-state index in [0.717, 1.165) is 29.4 Å². The van der Waals surface area contributed by atoms with E-state index in [1.54, 1.807) is 6.07 Å². The molecule has 1 aromatic rings. The van der Waals surface area contributed by atoms with Gasteiger partial charge >= 0.3 is 5.97 Å². The fourth-order valence-corrected chi connectivity index (χ4v) is 3.14. The molecule has 0 aromatic carbocycles. The van der Waals surface area contributed by atoms with Gasteiger partial charge in [-0.25, -0.2) is 23.2 Å². The van der Waals surface area contributed by atoms with Gasteiger partial charge < -0.3 is 10.4 Å². The summed E-state index contributed by atoms with van der Waals surface area (Å²) in [7, 11) is -3.29. The Hall–Kier alpha value is -1.68.